The number of piperidine rings is 2. The van der Waals surface area contributed by atoms with Crippen molar-refractivity contribution in [2.45, 2.75) is 50.7 Å². The average molecular weight is 575 g/mol. The van der Waals surface area contributed by atoms with Crippen molar-refractivity contribution in [3.8, 4) is 0 Å². The maximum atomic E-state index is 12.9. The highest BCUT2D eigenvalue weighted by Gasteiger charge is 2.39. The highest BCUT2D eigenvalue weighted by Crippen LogP contribution is 2.34. The third-order valence-electron chi connectivity index (χ3n) is 6.94. The Morgan fingerprint density at radius 2 is 1.67 bits per heavy atom. The Bertz CT molecular complexity index is 1110. The standard InChI is InChI=1S/C25H25Br2N3O3/c26-19-9-15(10-20(27)12-19)13-29-7-5-16(6-8-29)17-1-2-21-18(11-17)14-30(25(21)33)22-3-4-23(31)28-24(22)32/h1-2,9-12,16,22H,3-8,13-14H2,(H,28,31,32). The molecule has 0 aromatic heterocycles. The smallest absolute Gasteiger partial charge is 0.255 e. The van der Waals surface area contributed by atoms with Gasteiger partial charge in [0.2, 0.25) is 11.8 Å². The molecule has 2 fully saturated rings. The van der Waals surface area contributed by atoms with E-state index >= 15 is 0 Å². The number of halogens is 2. The van der Waals surface area contributed by atoms with E-state index in [-0.39, 0.29) is 24.1 Å². The Hall–Kier alpha value is -2.03. The molecule has 3 heterocycles. The number of nitrogens with zero attached hydrogens (tertiary/aromatic N) is 2. The van der Waals surface area contributed by atoms with Gasteiger partial charge in [-0.05, 0) is 79.2 Å². The van der Waals surface area contributed by atoms with Crippen LogP contribution in [0.3, 0.4) is 0 Å². The molecule has 0 saturated carbocycles. The fourth-order valence-electron chi connectivity index (χ4n) is 5.23. The quantitative estimate of drug-likeness (QED) is 0.551. The van der Waals surface area contributed by atoms with Crippen LogP contribution < -0.4 is 5.32 Å². The van der Waals surface area contributed by atoms with Gasteiger partial charge in [-0.1, -0.05) is 44.0 Å². The lowest BCUT2D eigenvalue weighted by Crippen LogP contribution is -2.52. The minimum Gasteiger partial charge on any atom is -0.322 e. The van der Waals surface area contributed by atoms with E-state index in [2.05, 4.69) is 72.4 Å². The summed E-state index contributed by atoms with van der Waals surface area (Å²) in [7, 11) is 0. The minimum absolute atomic E-state index is 0.110. The van der Waals surface area contributed by atoms with Crippen LogP contribution in [0.2, 0.25) is 0 Å². The number of hydrogen-bond acceptors (Lipinski definition) is 4. The third kappa shape index (κ3) is 4.79. The second-order valence-electron chi connectivity index (χ2n) is 9.14. The largest absolute Gasteiger partial charge is 0.322 e. The molecule has 2 aromatic rings. The van der Waals surface area contributed by atoms with Gasteiger partial charge in [-0.15, -0.1) is 0 Å². The summed E-state index contributed by atoms with van der Waals surface area (Å²) in [4.78, 5) is 40.8. The normalized spacial score (nSPS) is 21.9. The number of hydrogen-bond donors (Lipinski definition) is 1. The molecule has 3 aliphatic heterocycles. The van der Waals surface area contributed by atoms with Crippen molar-refractivity contribution in [1.82, 2.24) is 15.1 Å². The van der Waals surface area contributed by atoms with Crippen molar-refractivity contribution in [3.63, 3.8) is 0 Å². The van der Waals surface area contributed by atoms with Crippen LogP contribution in [0, 0.1) is 0 Å². The molecule has 6 nitrogen and oxygen atoms in total. The van der Waals surface area contributed by atoms with Gasteiger partial charge in [0.15, 0.2) is 0 Å². The molecule has 1 atom stereocenters. The molecule has 1 unspecified atom stereocenters. The summed E-state index contributed by atoms with van der Waals surface area (Å²) in [6, 6.07) is 12.0. The predicted octanol–water partition coefficient (Wildman–Crippen LogP) is 4.35. The van der Waals surface area contributed by atoms with E-state index in [4.69, 9.17) is 0 Å². The molecule has 0 radical (unpaired) electrons. The van der Waals surface area contributed by atoms with E-state index in [0.29, 0.717) is 24.4 Å². The molecular formula is C25H25Br2N3O3. The van der Waals surface area contributed by atoms with Crippen LogP contribution in [-0.2, 0) is 22.7 Å². The summed E-state index contributed by atoms with van der Waals surface area (Å²) in [6.45, 7) is 3.44. The van der Waals surface area contributed by atoms with Crippen molar-refractivity contribution in [2.75, 3.05) is 13.1 Å². The Balaban J connectivity index is 1.23. The van der Waals surface area contributed by atoms with Gasteiger partial charge in [0, 0.05) is 34.0 Å². The zero-order chi connectivity index (χ0) is 23.1. The molecule has 0 bridgehead atoms. The maximum absolute atomic E-state index is 12.9. The number of benzene rings is 2. The molecule has 0 aliphatic carbocycles. The van der Waals surface area contributed by atoms with E-state index in [1.165, 1.54) is 11.1 Å². The Labute approximate surface area is 210 Å². The van der Waals surface area contributed by atoms with Crippen molar-refractivity contribution < 1.29 is 14.4 Å². The number of carbonyl (C=O) groups is 3. The molecule has 33 heavy (non-hydrogen) atoms. The molecule has 3 aliphatic rings. The number of fused-ring (bicyclic) bond motifs is 1. The van der Waals surface area contributed by atoms with Gasteiger partial charge in [-0.2, -0.15) is 0 Å². The van der Waals surface area contributed by atoms with Gasteiger partial charge >= 0.3 is 0 Å². The van der Waals surface area contributed by atoms with E-state index < -0.39 is 6.04 Å². The van der Waals surface area contributed by atoms with Crippen molar-refractivity contribution in [2.24, 2.45) is 0 Å². The molecule has 8 heteroatoms. The van der Waals surface area contributed by atoms with Gasteiger partial charge in [-0.3, -0.25) is 24.6 Å². The van der Waals surface area contributed by atoms with Gasteiger partial charge < -0.3 is 4.90 Å². The van der Waals surface area contributed by atoms with Gasteiger partial charge in [0.1, 0.15) is 6.04 Å². The van der Waals surface area contributed by atoms with Crippen LogP contribution >= 0.6 is 31.9 Å². The average Bonchev–Trinajstić information content (AvgIpc) is 3.09. The molecule has 172 valence electrons. The lowest BCUT2D eigenvalue weighted by atomic mass is 9.87. The molecule has 2 aromatic carbocycles. The van der Waals surface area contributed by atoms with Crippen LogP contribution in [-0.4, -0.2) is 46.7 Å². The number of carbonyl (C=O) groups excluding carboxylic acids is 3. The lowest BCUT2D eigenvalue weighted by molar-refractivity contribution is -0.136. The molecule has 0 spiro atoms. The van der Waals surface area contributed by atoms with E-state index in [1.54, 1.807) is 4.90 Å². The van der Waals surface area contributed by atoms with Crippen LogP contribution in [0.5, 0.6) is 0 Å². The first kappa shape index (κ1) is 22.7. The Morgan fingerprint density at radius 1 is 0.939 bits per heavy atom. The molecule has 2 saturated heterocycles. The number of amides is 3. The molecule has 5 rings (SSSR count). The van der Waals surface area contributed by atoms with Crippen LogP contribution in [0.15, 0.2) is 45.3 Å². The Morgan fingerprint density at radius 3 is 2.36 bits per heavy atom. The first-order valence-corrected chi connectivity index (χ1v) is 12.9. The van der Waals surface area contributed by atoms with Gasteiger partial charge in [-0.25, -0.2) is 0 Å². The monoisotopic (exact) mass is 573 g/mol. The van der Waals surface area contributed by atoms with E-state index in [9.17, 15) is 14.4 Å². The predicted molar refractivity (Wildman–Crippen MR) is 132 cm³/mol. The topological polar surface area (TPSA) is 69.7 Å². The Kier molecular flexibility index (Phi) is 6.42. The summed E-state index contributed by atoms with van der Waals surface area (Å²) in [5.74, 6) is -0.263. The van der Waals surface area contributed by atoms with Gasteiger partial charge in [0.25, 0.3) is 5.91 Å². The number of rotatable bonds is 4. The summed E-state index contributed by atoms with van der Waals surface area (Å²) in [5, 5.41) is 2.36. The number of likely N-dealkylation sites (tertiary alicyclic amines) is 1. The lowest BCUT2D eigenvalue weighted by Gasteiger charge is -2.32. The second-order valence-corrected chi connectivity index (χ2v) is 11.0. The van der Waals surface area contributed by atoms with Crippen LogP contribution in [0.4, 0.5) is 0 Å². The number of nitrogens with one attached hydrogen (secondary N) is 1. The first-order chi connectivity index (χ1) is 15.9. The summed E-state index contributed by atoms with van der Waals surface area (Å²) in [5.41, 5.74) is 4.24. The van der Waals surface area contributed by atoms with E-state index in [1.807, 2.05) is 6.07 Å². The fraction of sp³-hybridized carbons (Fsp3) is 0.400. The zero-order valence-corrected chi connectivity index (χ0v) is 21.3. The van der Waals surface area contributed by atoms with E-state index in [0.717, 1.165) is 47.0 Å². The van der Waals surface area contributed by atoms with Crippen molar-refractivity contribution >= 4 is 49.6 Å². The minimum atomic E-state index is -0.563. The van der Waals surface area contributed by atoms with Crippen LogP contribution in [0.1, 0.15) is 58.6 Å². The third-order valence-corrected chi connectivity index (χ3v) is 7.85. The zero-order valence-electron chi connectivity index (χ0n) is 18.2. The SMILES string of the molecule is O=C1CCC(N2Cc3cc(C4CCN(Cc5cc(Br)cc(Br)c5)CC4)ccc3C2=O)C(=O)N1. The summed E-state index contributed by atoms with van der Waals surface area (Å²) in [6.07, 6.45) is 2.83. The molecule has 1 N–H and O–H groups in total. The number of imide groups is 1. The van der Waals surface area contributed by atoms with Crippen molar-refractivity contribution in [3.05, 3.63) is 67.6 Å². The van der Waals surface area contributed by atoms with Crippen molar-refractivity contribution in [1.29, 1.82) is 0 Å². The first-order valence-electron chi connectivity index (χ1n) is 11.3. The fourth-order valence-corrected chi connectivity index (χ4v) is 6.62. The summed E-state index contributed by atoms with van der Waals surface area (Å²) >= 11 is 7.14. The molecule has 3 amide bonds. The second kappa shape index (κ2) is 9.31. The highest BCUT2D eigenvalue weighted by molar-refractivity contribution is 9.11. The van der Waals surface area contributed by atoms with Crippen LogP contribution in [0.25, 0.3) is 0 Å². The van der Waals surface area contributed by atoms with Gasteiger partial charge in [0.05, 0.1) is 0 Å². The highest BCUT2D eigenvalue weighted by atomic mass is 79.9. The maximum Gasteiger partial charge on any atom is 0.255 e. The molecular weight excluding hydrogens is 550 g/mol. The summed E-state index contributed by atoms with van der Waals surface area (Å²) < 4.78 is 2.17.